The molecule has 5 atom stereocenters. The number of carbonyl (C=O) groups excluding carboxylic acids is 2. The van der Waals surface area contributed by atoms with Crippen molar-refractivity contribution in [3.8, 4) is 11.1 Å². The van der Waals surface area contributed by atoms with Crippen LogP contribution in [-0.2, 0) is 24.0 Å². The molecule has 4 N–H and O–H groups in total. The molecule has 2 aliphatic rings. The molecule has 2 aromatic carbocycles. The van der Waals surface area contributed by atoms with Gasteiger partial charge in [-0.25, -0.2) is 14.6 Å². The van der Waals surface area contributed by atoms with E-state index in [4.69, 9.17) is 19.8 Å². The van der Waals surface area contributed by atoms with E-state index in [1.807, 2.05) is 48.5 Å². The van der Waals surface area contributed by atoms with E-state index in [1.54, 1.807) is 17.7 Å². The molecule has 13 heteroatoms. The molecule has 0 radical (unpaired) electrons. The van der Waals surface area contributed by atoms with Crippen LogP contribution in [0.15, 0.2) is 60.8 Å². The second-order valence-electron chi connectivity index (χ2n) is 13.1. The van der Waals surface area contributed by atoms with Gasteiger partial charge in [-0.2, -0.15) is 9.78 Å². The van der Waals surface area contributed by atoms with Crippen molar-refractivity contribution in [3.05, 3.63) is 77.4 Å². The van der Waals surface area contributed by atoms with Gasteiger partial charge >= 0.3 is 12.1 Å². The van der Waals surface area contributed by atoms with Crippen LogP contribution in [0.4, 0.5) is 10.7 Å². The Labute approximate surface area is 280 Å². The summed E-state index contributed by atoms with van der Waals surface area (Å²) >= 11 is 0. The third-order valence-electron chi connectivity index (χ3n) is 8.77. The second-order valence-corrected chi connectivity index (χ2v) is 17.5. The van der Waals surface area contributed by atoms with Crippen LogP contribution in [0, 0.1) is 11.3 Å². The van der Waals surface area contributed by atoms with Crippen LogP contribution < -0.4 is 10.8 Å². The van der Waals surface area contributed by atoms with Crippen molar-refractivity contribution in [1.82, 2.24) is 9.55 Å². The second kappa shape index (κ2) is 15.5. The molecule has 1 aliphatic heterocycles. The summed E-state index contributed by atoms with van der Waals surface area (Å²) in [4.78, 5) is 38.4. The lowest BCUT2D eigenvalue weighted by molar-refractivity contribution is -0.247. The van der Waals surface area contributed by atoms with Gasteiger partial charge in [-0.05, 0) is 67.1 Å². The fraction of sp³-hybridized carbons (Fsp3) is 0.457. The van der Waals surface area contributed by atoms with Crippen molar-refractivity contribution in [1.29, 1.82) is 5.41 Å². The molecule has 5 rings (SSSR count). The van der Waals surface area contributed by atoms with Crippen LogP contribution in [0.5, 0.6) is 0 Å². The molecule has 0 saturated carbocycles. The lowest BCUT2D eigenvalue weighted by Crippen LogP contribution is -2.33. The maximum atomic E-state index is 12.5. The molecule has 0 bridgehead atoms. The minimum absolute atomic E-state index is 0.0368. The van der Waals surface area contributed by atoms with Gasteiger partial charge in [0.15, 0.2) is 6.23 Å². The van der Waals surface area contributed by atoms with Gasteiger partial charge in [-0.3, -0.25) is 9.98 Å². The average Bonchev–Trinajstić information content (AvgIpc) is 3.53. The molecule has 1 saturated heterocycles. The van der Waals surface area contributed by atoms with Gasteiger partial charge in [-0.15, -0.1) is 13.2 Å². The molecular weight excluding hydrogens is 635 g/mol. The van der Waals surface area contributed by atoms with E-state index >= 15 is 0 Å². The van der Waals surface area contributed by atoms with Crippen molar-refractivity contribution < 1.29 is 39.1 Å². The minimum atomic E-state index is -1.33. The Balaban J connectivity index is 1.03. The molecule has 0 amide bonds. The zero-order valence-corrected chi connectivity index (χ0v) is 28.5. The van der Waals surface area contributed by atoms with Crippen molar-refractivity contribution in [2.45, 2.75) is 63.1 Å². The molecule has 0 spiro atoms. The van der Waals surface area contributed by atoms with Crippen LogP contribution in [0.1, 0.15) is 55.9 Å². The minimum Gasteiger partial charge on any atom is -0.431 e. The standard InChI is InChI=1S/C35H45N4O8P/c1-22(33(42)46-47-35(43)44-21-27-25-14-7-5-12-23(25)24-13-6-8-15-26(24)27)11-9-10-18-37-34-38-29(36)16-19-39(34)32-31(41)30(40)28(45-32)17-20-48(2,3)4/h5-8,12-16,19,22,27-28,30-32,40-41H,2,9-11,17-18,20-21H2,1,3-4H3,(H2,36,37,38)/t22?,28-,30-,31-,32-/m1/s1. The summed E-state index contributed by atoms with van der Waals surface area (Å²) in [7, 11) is 0. The Morgan fingerprint density at radius 1 is 1.04 bits per heavy atom. The Kier molecular flexibility index (Phi) is 11.4. The summed E-state index contributed by atoms with van der Waals surface area (Å²) in [6.07, 6.45) is 4.30. The quantitative estimate of drug-likeness (QED) is 0.0653. The number of ether oxygens (including phenoxy) is 2. The lowest BCUT2D eigenvalue weighted by atomic mass is 9.98. The number of hydrogen-bond acceptors (Lipinski definition) is 11. The third kappa shape index (κ3) is 8.54. The highest BCUT2D eigenvalue weighted by atomic mass is 31.2. The molecule has 48 heavy (non-hydrogen) atoms. The SMILES string of the molecule is C=P(C)(C)CC[C@H]1O[C@@H](n2ccc(=N)nc2NCCCCC(C)C(=O)OOC(=O)OCC2c3ccccc3-c3ccccc32)[C@H](O)[C@@H]1O. The number of aliphatic hydroxyl groups is 2. The van der Waals surface area contributed by atoms with Gasteiger partial charge in [0.2, 0.25) is 5.95 Å². The number of nitrogens with zero attached hydrogens (tertiary/aromatic N) is 2. The molecule has 1 unspecified atom stereocenters. The van der Waals surface area contributed by atoms with Gasteiger partial charge in [0, 0.05) is 18.7 Å². The highest BCUT2D eigenvalue weighted by Gasteiger charge is 2.44. The first-order valence-corrected chi connectivity index (χ1v) is 19.3. The number of unbranched alkanes of at least 4 members (excludes halogenated alkanes) is 1. The van der Waals surface area contributed by atoms with Gasteiger partial charge in [0.1, 0.15) is 24.3 Å². The van der Waals surface area contributed by atoms with Crippen LogP contribution >= 0.6 is 6.89 Å². The van der Waals surface area contributed by atoms with E-state index in [0.29, 0.717) is 38.2 Å². The van der Waals surface area contributed by atoms with E-state index < -0.39 is 49.5 Å². The largest absolute Gasteiger partial charge is 0.549 e. The number of benzene rings is 2. The zero-order chi connectivity index (χ0) is 34.4. The zero-order valence-electron chi connectivity index (χ0n) is 27.6. The van der Waals surface area contributed by atoms with Gasteiger partial charge < -0.3 is 25.0 Å². The topological polar surface area (TPSA) is 165 Å². The molecule has 1 fully saturated rings. The Hall–Kier alpha value is -3.96. The first-order chi connectivity index (χ1) is 22.9. The average molecular weight is 681 g/mol. The summed E-state index contributed by atoms with van der Waals surface area (Å²) < 4.78 is 13.0. The fourth-order valence-electron chi connectivity index (χ4n) is 6.11. The van der Waals surface area contributed by atoms with E-state index in [0.717, 1.165) is 28.4 Å². The predicted molar refractivity (Wildman–Crippen MR) is 183 cm³/mol. The van der Waals surface area contributed by atoms with Crippen LogP contribution in [0.25, 0.3) is 11.1 Å². The summed E-state index contributed by atoms with van der Waals surface area (Å²) in [5.41, 5.74) is 4.37. The predicted octanol–water partition coefficient (Wildman–Crippen LogP) is 4.72. The highest BCUT2D eigenvalue weighted by Crippen LogP contribution is 2.44. The van der Waals surface area contributed by atoms with E-state index in [1.165, 1.54) is 6.07 Å². The van der Waals surface area contributed by atoms with Gasteiger partial charge in [0.05, 0.1) is 12.0 Å². The number of rotatable bonds is 13. The first kappa shape index (κ1) is 35.3. The lowest BCUT2D eigenvalue weighted by Gasteiger charge is -2.22. The number of aromatic nitrogens is 2. The fourth-order valence-corrected chi connectivity index (χ4v) is 7.06. The number of hydrogen-bond donors (Lipinski definition) is 4. The number of carbonyl (C=O) groups is 2. The number of aliphatic hydroxyl groups excluding tert-OH is 2. The third-order valence-corrected chi connectivity index (χ3v) is 10.2. The Bertz CT molecular complexity index is 1660. The molecule has 3 aromatic rings. The van der Waals surface area contributed by atoms with E-state index in [2.05, 4.69) is 34.8 Å². The molecule has 1 aliphatic carbocycles. The van der Waals surface area contributed by atoms with Crippen molar-refractivity contribution in [3.63, 3.8) is 0 Å². The van der Waals surface area contributed by atoms with E-state index in [-0.39, 0.29) is 18.0 Å². The number of nitrogens with one attached hydrogen (secondary N) is 2. The summed E-state index contributed by atoms with van der Waals surface area (Å²) in [6, 6.07) is 17.4. The highest BCUT2D eigenvalue weighted by molar-refractivity contribution is 7.72. The molecular formula is C35H45N4O8P. The maximum Gasteiger partial charge on any atom is 0.549 e. The van der Waals surface area contributed by atoms with Crippen LogP contribution in [0.2, 0.25) is 0 Å². The number of anilines is 1. The Morgan fingerprint density at radius 2 is 1.71 bits per heavy atom. The summed E-state index contributed by atoms with van der Waals surface area (Å²) in [6.45, 7) is 5.10. The molecule has 12 nitrogen and oxygen atoms in total. The van der Waals surface area contributed by atoms with Crippen LogP contribution in [0.3, 0.4) is 0 Å². The molecule has 258 valence electrons. The monoisotopic (exact) mass is 680 g/mol. The van der Waals surface area contributed by atoms with Gasteiger partial charge in [0.25, 0.3) is 0 Å². The normalized spacial score (nSPS) is 20.9. The van der Waals surface area contributed by atoms with Crippen molar-refractivity contribution in [2.75, 3.05) is 38.0 Å². The summed E-state index contributed by atoms with van der Waals surface area (Å²) in [5.74, 6) is -1.02. The Morgan fingerprint density at radius 3 is 2.38 bits per heavy atom. The van der Waals surface area contributed by atoms with Crippen LogP contribution in [-0.4, -0.2) is 89.1 Å². The van der Waals surface area contributed by atoms with E-state index in [9.17, 15) is 19.8 Å². The van der Waals surface area contributed by atoms with Crippen molar-refractivity contribution >= 4 is 31.3 Å². The molecule has 1 aromatic heterocycles. The van der Waals surface area contributed by atoms with Gasteiger partial charge in [-0.1, -0.05) is 61.9 Å². The van der Waals surface area contributed by atoms with Crippen molar-refractivity contribution in [2.24, 2.45) is 5.92 Å². The molecule has 2 heterocycles. The maximum absolute atomic E-state index is 12.5. The summed E-state index contributed by atoms with van der Waals surface area (Å²) in [5, 5.41) is 32.6. The smallest absolute Gasteiger partial charge is 0.431 e. The number of fused-ring (bicyclic) bond motifs is 3. The first-order valence-electron chi connectivity index (χ1n) is 16.2.